The number of amidine groups is 1. The number of allylic oxidation sites excluding steroid dienone is 1. The lowest BCUT2D eigenvalue weighted by atomic mass is 9.96. The van der Waals surface area contributed by atoms with Gasteiger partial charge in [-0.1, -0.05) is 19.3 Å². The molecule has 0 radical (unpaired) electrons. The summed E-state index contributed by atoms with van der Waals surface area (Å²) in [5, 5.41) is 0. The number of nitrogens with two attached hydrogens (primary N) is 2. The molecule has 0 unspecified atom stereocenters. The topological polar surface area (TPSA) is 64.4 Å². The minimum Gasteiger partial charge on any atom is -0.402 e. The van der Waals surface area contributed by atoms with Crippen molar-refractivity contribution in [2.75, 3.05) is 0 Å². The van der Waals surface area contributed by atoms with Crippen LogP contribution < -0.4 is 11.5 Å². The Morgan fingerprint density at radius 1 is 1.23 bits per heavy atom. The van der Waals surface area contributed by atoms with Gasteiger partial charge in [0.1, 0.15) is 5.84 Å². The van der Waals surface area contributed by atoms with E-state index < -0.39 is 0 Å². The quantitative estimate of drug-likeness (QED) is 0.501. The molecule has 1 aliphatic rings. The Bertz CT molecular complexity index is 208. The van der Waals surface area contributed by atoms with E-state index in [9.17, 15) is 0 Å². The van der Waals surface area contributed by atoms with Crippen LogP contribution in [0, 0.1) is 0 Å². The van der Waals surface area contributed by atoms with Crippen LogP contribution in [0.4, 0.5) is 0 Å². The van der Waals surface area contributed by atoms with Crippen LogP contribution in [0.3, 0.4) is 0 Å². The van der Waals surface area contributed by atoms with Gasteiger partial charge in [0.05, 0.1) is 6.04 Å². The summed E-state index contributed by atoms with van der Waals surface area (Å²) >= 11 is 0. The highest BCUT2D eigenvalue weighted by Gasteiger charge is 2.11. The summed E-state index contributed by atoms with van der Waals surface area (Å²) in [5.41, 5.74) is 11.9. The molecule has 0 bridgehead atoms. The highest BCUT2D eigenvalue weighted by molar-refractivity contribution is 5.91. The molecule has 0 aromatic heterocycles. The monoisotopic (exact) mass is 181 g/mol. The maximum Gasteiger partial charge on any atom is 0.120 e. The van der Waals surface area contributed by atoms with Crippen molar-refractivity contribution in [2.24, 2.45) is 16.5 Å². The van der Waals surface area contributed by atoms with Crippen molar-refractivity contribution in [3.8, 4) is 0 Å². The molecule has 1 rings (SSSR count). The van der Waals surface area contributed by atoms with E-state index in [1.54, 1.807) is 6.08 Å². The molecular formula is C10H19N3. The predicted octanol–water partition coefficient (Wildman–Crippen LogP) is 1.54. The summed E-state index contributed by atoms with van der Waals surface area (Å²) in [5.74, 6) is 0.576. The Balaban J connectivity index is 2.48. The summed E-state index contributed by atoms with van der Waals surface area (Å²) in [7, 11) is 0. The Morgan fingerprint density at radius 2 is 1.85 bits per heavy atom. The van der Waals surface area contributed by atoms with Crippen LogP contribution in [0.15, 0.2) is 16.8 Å². The number of aliphatic imine (C=N–C) groups is 1. The molecule has 0 aromatic carbocycles. The molecule has 0 aliphatic heterocycles. The third-order valence-corrected chi connectivity index (χ3v) is 2.28. The van der Waals surface area contributed by atoms with E-state index in [2.05, 4.69) is 4.99 Å². The first-order valence-corrected chi connectivity index (χ1v) is 4.95. The summed E-state index contributed by atoms with van der Waals surface area (Å²) in [4.78, 5) is 4.41. The zero-order valence-corrected chi connectivity index (χ0v) is 8.29. The Kier molecular flexibility index (Phi) is 3.80. The average molecular weight is 181 g/mol. The molecular weight excluding hydrogens is 162 g/mol. The van der Waals surface area contributed by atoms with Crippen LogP contribution in [0.2, 0.25) is 0 Å². The van der Waals surface area contributed by atoms with Crippen LogP contribution in [-0.2, 0) is 0 Å². The molecule has 1 saturated carbocycles. The highest BCUT2D eigenvalue weighted by atomic mass is 14.9. The van der Waals surface area contributed by atoms with Crippen LogP contribution in [0.1, 0.15) is 39.0 Å². The predicted molar refractivity (Wildman–Crippen MR) is 56.4 cm³/mol. The lowest BCUT2D eigenvalue weighted by molar-refractivity contribution is 0.443. The SMILES string of the molecule is C/C(N)=C\C(N)=NC1CCCCC1. The molecule has 3 heteroatoms. The number of hydrogen-bond acceptors (Lipinski definition) is 2. The van der Waals surface area contributed by atoms with Gasteiger partial charge in [-0.2, -0.15) is 0 Å². The van der Waals surface area contributed by atoms with E-state index in [4.69, 9.17) is 11.5 Å². The van der Waals surface area contributed by atoms with Gasteiger partial charge in [-0.3, -0.25) is 4.99 Å². The lowest BCUT2D eigenvalue weighted by Crippen LogP contribution is -2.17. The molecule has 0 atom stereocenters. The minimum absolute atomic E-state index is 0.435. The van der Waals surface area contributed by atoms with Crippen molar-refractivity contribution in [3.63, 3.8) is 0 Å². The van der Waals surface area contributed by atoms with Gasteiger partial charge in [0.2, 0.25) is 0 Å². The lowest BCUT2D eigenvalue weighted by Gasteiger charge is -2.17. The first kappa shape index (κ1) is 10.1. The largest absolute Gasteiger partial charge is 0.402 e. The smallest absolute Gasteiger partial charge is 0.120 e. The van der Waals surface area contributed by atoms with Gasteiger partial charge in [0, 0.05) is 5.70 Å². The zero-order chi connectivity index (χ0) is 9.68. The molecule has 0 amide bonds. The molecule has 1 aliphatic carbocycles. The molecule has 1 fully saturated rings. The van der Waals surface area contributed by atoms with E-state index in [0.29, 0.717) is 11.9 Å². The third kappa shape index (κ3) is 3.97. The molecule has 0 spiro atoms. The van der Waals surface area contributed by atoms with Crippen molar-refractivity contribution in [1.82, 2.24) is 0 Å². The molecule has 0 aromatic rings. The van der Waals surface area contributed by atoms with Crippen molar-refractivity contribution in [2.45, 2.75) is 45.1 Å². The van der Waals surface area contributed by atoms with Gasteiger partial charge in [-0.25, -0.2) is 0 Å². The minimum atomic E-state index is 0.435. The van der Waals surface area contributed by atoms with Gasteiger partial charge >= 0.3 is 0 Å². The van der Waals surface area contributed by atoms with Crippen molar-refractivity contribution < 1.29 is 0 Å². The highest BCUT2D eigenvalue weighted by Crippen LogP contribution is 2.20. The fourth-order valence-electron chi connectivity index (χ4n) is 1.69. The van der Waals surface area contributed by atoms with Gasteiger partial charge < -0.3 is 11.5 Å². The van der Waals surface area contributed by atoms with Crippen LogP contribution in [-0.4, -0.2) is 11.9 Å². The summed E-state index contributed by atoms with van der Waals surface area (Å²) in [6.07, 6.45) is 8.00. The van der Waals surface area contributed by atoms with E-state index in [1.807, 2.05) is 6.92 Å². The van der Waals surface area contributed by atoms with Gasteiger partial charge in [0.25, 0.3) is 0 Å². The van der Waals surface area contributed by atoms with Crippen LogP contribution in [0.5, 0.6) is 0 Å². The molecule has 0 heterocycles. The maximum atomic E-state index is 5.70. The number of hydrogen-bond donors (Lipinski definition) is 2. The molecule has 13 heavy (non-hydrogen) atoms. The first-order valence-electron chi connectivity index (χ1n) is 4.95. The van der Waals surface area contributed by atoms with Gasteiger partial charge in [-0.05, 0) is 25.8 Å². The summed E-state index contributed by atoms with van der Waals surface area (Å²) in [6, 6.07) is 0.435. The van der Waals surface area contributed by atoms with Crippen molar-refractivity contribution >= 4 is 5.84 Å². The third-order valence-electron chi connectivity index (χ3n) is 2.28. The Morgan fingerprint density at radius 3 is 2.38 bits per heavy atom. The maximum absolute atomic E-state index is 5.70. The Labute approximate surface area is 79.9 Å². The van der Waals surface area contributed by atoms with E-state index in [1.165, 1.54) is 32.1 Å². The van der Waals surface area contributed by atoms with Gasteiger partial charge in [0.15, 0.2) is 0 Å². The molecule has 0 saturated heterocycles. The summed E-state index contributed by atoms with van der Waals surface area (Å²) in [6.45, 7) is 1.82. The normalized spacial score (nSPS) is 21.9. The van der Waals surface area contributed by atoms with Gasteiger partial charge in [-0.15, -0.1) is 0 Å². The Hall–Kier alpha value is -0.990. The molecule has 4 N–H and O–H groups in total. The van der Waals surface area contributed by atoms with E-state index in [0.717, 1.165) is 5.70 Å². The molecule has 3 nitrogen and oxygen atoms in total. The first-order chi connectivity index (χ1) is 6.18. The van der Waals surface area contributed by atoms with Crippen molar-refractivity contribution in [1.29, 1.82) is 0 Å². The number of nitrogens with zero attached hydrogens (tertiary/aromatic N) is 1. The fraction of sp³-hybridized carbons (Fsp3) is 0.700. The van der Waals surface area contributed by atoms with E-state index >= 15 is 0 Å². The molecule has 74 valence electrons. The van der Waals surface area contributed by atoms with Crippen molar-refractivity contribution in [3.05, 3.63) is 11.8 Å². The fourth-order valence-corrected chi connectivity index (χ4v) is 1.69. The second-order valence-corrected chi connectivity index (χ2v) is 3.73. The van der Waals surface area contributed by atoms with E-state index in [-0.39, 0.29) is 0 Å². The second-order valence-electron chi connectivity index (χ2n) is 3.73. The van der Waals surface area contributed by atoms with Crippen LogP contribution in [0.25, 0.3) is 0 Å². The summed E-state index contributed by atoms with van der Waals surface area (Å²) < 4.78 is 0. The standard InChI is InChI=1S/C10H19N3/c1-8(11)7-10(12)13-9-5-3-2-4-6-9/h7,9H,2-6,11H2,1H3,(H2,12,13)/b8-7+. The average Bonchev–Trinajstić information content (AvgIpc) is 2.04. The number of rotatable bonds is 2. The van der Waals surface area contributed by atoms with Crippen LogP contribution >= 0.6 is 0 Å². The second kappa shape index (κ2) is 4.90. The zero-order valence-electron chi connectivity index (χ0n) is 8.29.